The number of imidazole rings is 1. The molecule has 0 amide bonds. The van der Waals surface area contributed by atoms with Gasteiger partial charge in [-0.3, -0.25) is 0 Å². The average Bonchev–Trinajstić information content (AvgIpc) is 3.07. The third-order valence-electron chi connectivity index (χ3n) is 4.83. The molecule has 0 aromatic carbocycles. The summed E-state index contributed by atoms with van der Waals surface area (Å²) < 4.78 is 2.00. The van der Waals surface area contributed by atoms with Gasteiger partial charge in [0, 0.05) is 45.6 Å². The van der Waals surface area contributed by atoms with Gasteiger partial charge in [0.1, 0.15) is 0 Å². The maximum Gasteiger partial charge on any atom is 0.231 e. The first kappa shape index (κ1) is 16.6. The summed E-state index contributed by atoms with van der Waals surface area (Å²) in [6.45, 7) is 4.15. The van der Waals surface area contributed by atoms with Crippen LogP contribution in [0.3, 0.4) is 0 Å². The first-order valence-electron chi connectivity index (χ1n) is 9.21. The lowest BCUT2D eigenvalue weighted by Crippen LogP contribution is -2.34. The summed E-state index contributed by atoms with van der Waals surface area (Å²) in [5.74, 6) is 1.65. The molecule has 4 rings (SSSR count). The molecular weight excluding hydrogens is 334 g/mol. The second kappa shape index (κ2) is 7.59. The first-order chi connectivity index (χ1) is 12.3. The zero-order valence-electron chi connectivity index (χ0n) is 14.8. The van der Waals surface area contributed by atoms with Gasteiger partial charge in [0.05, 0.1) is 0 Å². The molecule has 4 heterocycles. The van der Waals surface area contributed by atoms with Crippen molar-refractivity contribution in [3.8, 4) is 0 Å². The van der Waals surface area contributed by atoms with Crippen LogP contribution in [0.1, 0.15) is 38.5 Å². The number of aryl methyl sites for hydroxylation is 1. The molecule has 7 nitrogen and oxygen atoms in total. The number of hydrogen-bond acceptors (Lipinski definition) is 7. The molecule has 2 aromatic heterocycles. The highest BCUT2D eigenvalue weighted by Gasteiger charge is 2.21. The zero-order valence-corrected chi connectivity index (χ0v) is 15.6. The normalized spacial score (nSPS) is 18.6. The van der Waals surface area contributed by atoms with Gasteiger partial charge in [-0.05, 0) is 50.3 Å². The molecular formula is C17H25N7S. The second-order valence-corrected chi connectivity index (χ2v) is 7.67. The highest BCUT2D eigenvalue weighted by atomic mass is 32.2. The van der Waals surface area contributed by atoms with Crippen LogP contribution in [0, 0.1) is 0 Å². The molecule has 2 fully saturated rings. The molecule has 2 saturated heterocycles. The quantitative estimate of drug-likeness (QED) is 0.832. The van der Waals surface area contributed by atoms with E-state index in [-0.39, 0.29) is 0 Å². The van der Waals surface area contributed by atoms with Crippen LogP contribution >= 0.6 is 11.8 Å². The number of nitrogens with zero attached hydrogens (tertiary/aromatic N) is 7. The standard InChI is InChI=1S/C17H25N7S/c1-22-13-8-18-17(22)25-16-20-14(23-9-4-2-5-10-23)19-15(21-16)24-11-6-3-7-12-24/h8,13H,2-7,9-12H2,1H3. The summed E-state index contributed by atoms with van der Waals surface area (Å²) in [7, 11) is 1.99. The molecule has 134 valence electrons. The van der Waals surface area contributed by atoms with E-state index < -0.39 is 0 Å². The number of hydrogen-bond donors (Lipinski definition) is 0. The fourth-order valence-corrected chi connectivity index (χ4v) is 4.12. The largest absolute Gasteiger partial charge is 0.341 e. The summed E-state index contributed by atoms with van der Waals surface area (Å²) in [6.07, 6.45) is 11.2. The van der Waals surface area contributed by atoms with Crippen molar-refractivity contribution in [1.29, 1.82) is 0 Å². The molecule has 0 spiro atoms. The SMILES string of the molecule is Cn1ccnc1Sc1nc(N2CCCCC2)nc(N2CCCCC2)n1. The van der Waals surface area contributed by atoms with Crippen molar-refractivity contribution in [2.45, 2.75) is 48.8 Å². The van der Waals surface area contributed by atoms with Gasteiger partial charge in [0.15, 0.2) is 5.16 Å². The molecule has 0 radical (unpaired) electrons. The summed E-state index contributed by atoms with van der Waals surface area (Å²) in [4.78, 5) is 23.3. The third-order valence-corrected chi connectivity index (χ3v) is 5.77. The van der Waals surface area contributed by atoms with Crippen LogP contribution < -0.4 is 9.80 Å². The predicted molar refractivity (Wildman–Crippen MR) is 99.3 cm³/mol. The molecule has 25 heavy (non-hydrogen) atoms. The Labute approximate surface area is 152 Å². The Morgan fingerprint density at radius 1 is 0.800 bits per heavy atom. The Morgan fingerprint density at radius 2 is 1.36 bits per heavy atom. The molecule has 2 aliphatic rings. The molecule has 0 N–H and O–H groups in total. The van der Waals surface area contributed by atoms with Gasteiger partial charge in [0.2, 0.25) is 17.1 Å². The van der Waals surface area contributed by atoms with Crippen LogP contribution in [0.15, 0.2) is 22.7 Å². The fraction of sp³-hybridized carbons (Fsp3) is 0.647. The Morgan fingerprint density at radius 3 is 1.84 bits per heavy atom. The summed E-state index contributed by atoms with van der Waals surface area (Å²) >= 11 is 1.51. The molecule has 0 atom stereocenters. The van der Waals surface area contributed by atoms with E-state index in [4.69, 9.17) is 15.0 Å². The van der Waals surface area contributed by atoms with Gasteiger partial charge in [0.25, 0.3) is 0 Å². The maximum atomic E-state index is 4.82. The summed E-state index contributed by atoms with van der Waals surface area (Å²) in [5.41, 5.74) is 0. The number of rotatable bonds is 4. The Balaban J connectivity index is 1.65. The number of anilines is 2. The molecule has 2 aliphatic heterocycles. The molecule has 8 heteroatoms. The van der Waals surface area contributed by atoms with E-state index in [9.17, 15) is 0 Å². The van der Waals surface area contributed by atoms with Crippen molar-refractivity contribution < 1.29 is 0 Å². The van der Waals surface area contributed by atoms with E-state index in [1.807, 2.05) is 17.8 Å². The van der Waals surface area contributed by atoms with Crippen molar-refractivity contribution in [1.82, 2.24) is 24.5 Å². The van der Waals surface area contributed by atoms with E-state index in [1.165, 1.54) is 50.3 Å². The van der Waals surface area contributed by atoms with Crippen LogP contribution in [-0.4, -0.2) is 50.7 Å². The van der Waals surface area contributed by atoms with Crippen LogP contribution in [-0.2, 0) is 7.05 Å². The van der Waals surface area contributed by atoms with Crippen LogP contribution in [0.4, 0.5) is 11.9 Å². The molecule has 0 aliphatic carbocycles. The monoisotopic (exact) mass is 359 g/mol. The maximum absolute atomic E-state index is 4.82. The Hall–Kier alpha value is -1.83. The zero-order chi connectivity index (χ0) is 17.1. The molecule has 2 aromatic rings. The predicted octanol–water partition coefficient (Wildman–Crippen LogP) is 2.74. The van der Waals surface area contributed by atoms with E-state index in [0.717, 1.165) is 48.4 Å². The van der Waals surface area contributed by atoms with Crippen LogP contribution in [0.25, 0.3) is 0 Å². The minimum Gasteiger partial charge on any atom is -0.341 e. The third kappa shape index (κ3) is 3.89. The van der Waals surface area contributed by atoms with E-state index in [0.29, 0.717) is 0 Å². The minimum atomic E-state index is 0.741. The van der Waals surface area contributed by atoms with Crippen molar-refractivity contribution in [2.24, 2.45) is 7.05 Å². The van der Waals surface area contributed by atoms with Gasteiger partial charge < -0.3 is 14.4 Å². The smallest absolute Gasteiger partial charge is 0.231 e. The van der Waals surface area contributed by atoms with E-state index in [2.05, 4.69) is 14.8 Å². The van der Waals surface area contributed by atoms with Crippen molar-refractivity contribution in [3.05, 3.63) is 12.4 Å². The minimum absolute atomic E-state index is 0.741. The topological polar surface area (TPSA) is 63.0 Å². The lowest BCUT2D eigenvalue weighted by Gasteiger charge is -2.30. The average molecular weight is 360 g/mol. The van der Waals surface area contributed by atoms with Gasteiger partial charge >= 0.3 is 0 Å². The van der Waals surface area contributed by atoms with E-state index >= 15 is 0 Å². The van der Waals surface area contributed by atoms with Gasteiger partial charge in [-0.1, -0.05) is 0 Å². The fourth-order valence-electron chi connectivity index (χ4n) is 3.38. The van der Waals surface area contributed by atoms with Gasteiger partial charge in [-0.2, -0.15) is 15.0 Å². The van der Waals surface area contributed by atoms with Crippen molar-refractivity contribution in [3.63, 3.8) is 0 Å². The Kier molecular flexibility index (Phi) is 5.05. The second-order valence-electron chi connectivity index (χ2n) is 6.74. The van der Waals surface area contributed by atoms with Crippen molar-refractivity contribution in [2.75, 3.05) is 36.0 Å². The van der Waals surface area contributed by atoms with Crippen LogP contribution in [0.2, 0.25) is 0 Å². The highest BCUT2D eigenvalue weighted by molar-refractivity contribution is 7.99. The van der Waals surface area contributed by atoms with Crippen LogP contribution in [0.5, 0.6) is 0 Å². The Bertz CT molecular complexity index is 669. The highest BCUT2D eigenvalue weighted by Crippen LogP contribution is 2.27. The molecule has 0 saturated carbocycles. The summed E-state index contributed by atoms with van der Waals surface area (Å²) in [5, 5.41) is 1.64. The lowest BCUT2D eigenvalue weighted by atomic mass is 10.1. The molecule has 0 unspecified atom stereocenters. The van der Waals surface area contributed by atoms with Crippen molar-refractivity contribution >= 4 is 23.7 Å². The molecule has 0 bridgehead atoms. The van der Waals surface area contributed by atoms with Gasteiger partial charge in [-0.25, -0.2) is 4.98 Å². The van der Waals surface area contributed by atoms with Gasteiger partial charge in [-0.15, -0.1) is 0 Å². The summed E-state index contributed by atoms with van der Waals surface area (Å²) in [6, 6.07) is 0. The van der Waals surface area contributed by atoms with E-state index in [1.54, 1.807) is 6.20 Å². The number of aromatic nitrogens is 5. The first-order valence-corrected chi connectivity index (χ1v) is 10.0. The number of piperidine rings is 2. The lowest BCUT2D eigenvalue weighted by molar-refractivity contribution is 0.551.